The number of hydrogen-bond donors (Lipinski definition) is 1. The van der Waals surface area contributed by atoms with Crippen molar-refractivity contribution in [3.8, 4) is 5.75 Å². The van der Waals surface area contributed by atoms with E-state index in [0.29, 0.717) is 34.6 Å². The van der Waals surface area contributed by atoms with Gasteiger partial charge in [-0.25, -0.2) is 0 Å². The van der Waals surface area contributed by atoms with Crippen molar-refractivity contribution in [2.45, 2.75) is 13.0 Å². The maximum atomic E-state index is 6.26. The van der Waals surface area contributed by atoms with Crippen molar-refractivity contribution in [1.82, 2.24) is 15.2 Å². The van der Waals surface area contributed by atoms with Crippen LogP contribution in [0.4, 0.5) is 5.82 Å². The largest absolute Gasteiger partial charge is 0.495 e. The van der Waals surface area contributed by atoms with E-state index >= 15 is 0 Å². The average molecular weight is 425 g/mol. The third kappa shape index (κ3) is 4.42. The molecule has 4 rings (SSSR count). The minimum Gasteiger partial charge on any atom is -0.495 e. The van der Waals surface area contributed by atoms with Crippen LogP contribution in [0.25, 0.3) is 10.8 Å². The highest BCUT2D eigenvalue weighted by atomic mass is 35.5. The number of benzene rings is 2. The van der Waals surface area contributed by atoms with Gasteiger partial charge in [0.05, 0.1) is 17.8 Å². The van der Waals surface area contributed by atoms with E-state index in [1.807, 2.05) is 54.7 Å². The molecule has 0 bridgehead atoms. The second-order valence-electron chi connectivity index (χ2n) is 6.55. The molecule has 2 aromatic heterocycles. The summed E-state index contributed by atoms with van der Waals surface area (Å²) in [4.78, 5) is 4.17. The van der Waals surface area contributed by atoms with Crippen molar-refractivity contribution < 1.29 is 4.74 Å². The van der Waals surface area contributed by atoms with Gasteiger partial charge in [-0.1, -0.05) is 35.3 Å². The minimum absolute atomic E-state index is 0.554. The molecule has 2 aromatic carbocycles. The molecule has 0 saturated heterocycles. The molecule has 0 radical (unpaired) electrons. The predicted octanol–water partition coefficient (Wildman–Crippen LogP) is 5.54. The van der Waals surface area contributed by atoms with E-state index < -0.39 is 0 Å². The summed E-state index contributed by atoms with van der Waals surface area (Å²) in [6.07, 6.45) is 4.21. The Kier molecular flexibility index (Phi) is 5.79. The standard InChI is InChI=1S/C22H18Cl2N4O/c1-29-21-7-4-15(9-19(21)24)13-26-22-17-6-5-16(23)11-18(17)20(27-28-22)10-14-3-2-8-25-12-14/h2-9,11-12H,10,13H2,1H3,(H,26,28). The highest BCUT2D eigenvalue weighted by Crippen LogP contribution is 2.29. The number of rotatable bonds is 6. The van der Waals surface area contributed by atoms with Crippen molar-refractivity contribution in [3.63, 3.8) is 0 Å². The van der Waals surface area contributed by atoms with Crippen LogP contribution < -0.4 is 10.1 Å². The molecule has 0 saturated carbocycles. The number of hydrogen-bond acceptors (Lipinski definition) is 5. The molecule has 0 aliphatic rings. The molecular formula is C22H18Cl2N4O. The van der Waals surface area contributed by atoms with E-state index in [4.69, 9.17) is 27.9 Å². The number of fused-ring (bicyclic) bond motifs is 1. The molecule has 5 nitrogen and oxygen atoms in total. The van der Waals surface area contributed by atoms with Crippen LogP contribution in [-0.4, -0.2) is 22.3 Å². The van der Waals surface area contributed by atoms with Crippen LogP contribution in [0.5, 0.6) is 5.75 Å². The van der Waals surface area contributed by atoms with Crippen LogP contribution in [0, 0.1) is 0 Å². The number of methoxy groups -OCH3 is 1. The highest BCUT2D eigenvalue weighted by Gasteiger charge is 2.11. The maximum absolute atomic E-state index is 6.26. The van der Waals surface area contributed by atoms with E-state index in [1.165, 1.54) is 0 Å². The Morgan fingerprint density at radius 3 is 2.62 bits per heavy atom. The summed E-state index contributed by atoms with van der Waals surface area (Å²) in [5.41, 5.74) is 2.93. The zero-order valence-electron chi connectivity index (χ0n) is 15.7. The molecule has 0 amide bonds. The highest BCUT2D eigenvalue weighted by molar-refractivity contribution is 6.32. The van der Waals surface area contributed by atoms with Gasteiger partial charge in [-0.15, -0.1) is 5.10 Å². The van der Waals surface area contributed by atoms with Gasteiger partial charge in [0.15, 0.2) is 5.82 Å². The summed E-state index contributed by atoms with van der Waals surface area (Å²) in [5.74, 6) is 1.34. The molecule has 2 heterocycles. The molecule has 0 aliphatic heterocycles. The van der Waals surface area contributed by atoms with Crippen LogP contribution in [0.1, 0.15) is 16.8 Å². The summed E-state index contributed by atoms with van der Waals surface area (Å²) in [6.45, 7) is 0.554. The first-order chi connectivity index (χ1) is 14.1. The molecule has 0 fully saturated rings. The SMILES string of the molecule is COc1ccc(CNc2nnc(Cc3cccnc3)c3cc(Cl)ccc23)cc1Cl. The van der Waals surface area contributed by atoms with Gasteiger partial charge in [0.1, 0.15) is 5.75 Å². The quantitative estimate of drug-likeness (QED) is 0.439. The van der Waals surface area contributed by atoms with Gasteiger partial charge in [0.25, 0.3) is 0 Å². The van der Waals surface area contributed by atoms with Crippen molar-refractivity contribution in [1.29, 1.82) is 0 Å². The second kappa shape index (κ2) is 8.64. The summed E-state index contributed by atoms with van der Waals surface area (Å²) < 4.78 is 5.20. The van der Waals surface area contributed by atoms with E-state index in [-0.39, 0.29) is 0 Å². The van der Waals surface area contributed by atoms with Crippen molar-refractivity contribution >= 4 is 39.8 Å². The Hall–Kier alpha value is -2.89. The van der Waals surface area contributed by atoms with Crippen LogP contribution in [0.2, 0.25) is 10.0 Å². The topological polar surface area (TPSA) is 59.9 Å². The third-order valence-corrected chi connectivity index (χ3v) is 5.12. The molecular weight excluding hydrogens is 407 g/mol. The number of anilines is 1. The van der Waals surface area contributed by atoms with E-state index in [9.17, 15) is 0 Å². The van der Waals surface area contributed by atoms with Gasteiger partial charge < -0.3 is 10.1 Å². The number of ether oxygens (including phenoxy) is 1. The summed E-state index contributed by atoms with van der Waals surface area (Å²) in [7, 11) is 1.60. The molecule has 0 unspecified atom stereocenters. The molecule has 4 aromatic rings. The minimum atomic E-state index is 0.554. The smallest absolute Gasteiger partial charge is 0.156 e. The lowest BCUT2D eigenvalue weighted by molar-refractivity contribution is 0.415. The van der Waals surface area contributed by atoms with Crippen LogP contribution in [0.3, 0.4) is 0 Å². The Bertz CT molecular complexity index is 1150. The third-order valence-electron chi connectivity index (χ3n) is 4.59. The molecule has 0 aliphatic carbocycles. The molecule has 0 spiro atoms. The molecule has 146 valence electrons. The number of nitrogens with zero attached hydrogens (tertiary/aromatic N) is 3. The molecule has 29 heavy (non-hydrogen) atoms. The van der Waals surface area contributed by atoms with Gasteiger partial charge in [0, 0.05) is 41.2 Å². The van der Waals surface area contributed by atoms with Crippen LogP contribution in [-0.2, 0) is 13.0 Å². The van der Waals surface area contributed by atoms with E-state index in [1.54, 1.807) is 13.3 Å². The van der Waals surface area contributed by atoms with Gasteiger partial charge in [-0.05, 0) is 47.5 Å². The maximum Gasteiger partial charge on any atom is 0.156 e. The van der Waals surface area contributed by atoms with Crippen LogP contribution >= 0.6 is 23.2 Å². The van der Waals surface area contributed by atoms with Gasteiger partial charge >= 0.3 is 0 Å². The van der Waals surface area contributed by atoms with Gasteiger partial charge in [-0.3, -0.25) is 4.98 Å². The zero-order chi connectivity index (χ0) is 20.2. The zero-order valence-corrected chi connectivity index (χ0v) is 17.2. The van der Waals surface area contributed by atoms with E-state index in [2.05, 4.69) is 20.5 Å². The summed E-state index contributed by atoms with van der Waals surface area (Å²) >= 11 is 12.5. The number of halogens is 2. The first-order valence-electron chi connectivity index (χ1n) is 9.04. The fourth-order valence-electron chi connectivity index (χ4n) is 3.14. The summed E-state index contributed by atoms with van der Waals surface area (Å²) in [5, 5.41) is 15.4. The predicted molar refractivity (Wildman–Crippen MR) is 117 cm³/mol. The monoisotopic (exact) mass is 424 g/mol. The fourth-order valence-corrected chi connectivity index (χ4v) is 3.60. The van der Waals surface area contributed by atoms with E-state index in [0.717, 1.165) is 27.6 Å². The lowest BCUT2D eigenvalue weighted by atomic mass is 10.1. The Labute approximate surface area is 178 Å². The fraction of sp³-hybridized carbons (Fsp3) is 0.136. The lowest BCUT2D eigenvalue weighted by Crippen LogP contribution is -2.06. The Morgan fingerprint density at radius 2 is 1.86 bits per heavy atom. The van der Waals surface area contributed by atoms with Crippen molar-refractivity contribution in [3.05, 3.63) is 87.8 Å². The number of pyridine rings is 1. The molecule has 7 heteroatoms. The Balaban J connectivity index is 1.63. The first kappa shape index (κ1) is 19.4. The number of nitrogens with one attached hydrogen (secondary N) is 1. The summed E-state index contributed by atoms with van der Waals surface area (Å²) in [6, 6.07) is 15.3. The molecule has 1 N–H and O–H groups in total. The van der Waals surface area contributed by atoms with Crippen LogP contribution in [0.15, 0.2) is 60.9 Å². The average Bonchev–Trinajstić information content (AvgIpc) is 2.74. The Morgan fingerprint density at radius 1 is 0.966 bits per heavy atom. The first-order valence-corrected chi connectivity index (χ1v) is 9.79. The van der Waals surface area contributed by atoms with Crippen molar-refractivity contribution in [2.24, 2.45) is 0 Å². The normalized spacial score (nSPS) is 10.9. The number of aromatic nitrogens is 3. The van der Waals surface area contributed by atoms with Gasteiger partial charge in [-0.2, -0.15) is 5.10 Å². The molecule has 0 atom stereocenters. The van der Waals surface area contributed by atoms with Crippen molar-refractivity contribution in [2.75, 3.05) is 12.4 Å². The lowest BCUT2D eigenvalue weighted by Gasteiger charge is -2.12. The van der Waals surface area contributed by atoms with Gasteiger partial charge in [0.2, 0.25) is 0 Å². The second-order valence-corrected chi connectivity index (χ2v) is 7.39.